The molecule has 2 saturated carbocycles. The molecule has 2 aliphatic rings. The zero-order chi connectivity index (χ0) is 55.5. The Morgan fingerprint density at radius 2 is 1.15 bits per heavy atom. The van der Waals surface area contributed by atoms with Crippen LogP contribution in [0.4, 0.5) is 10.7 Å². The zero-order valence-electron chi connectivity index (χ0n) is 43.3. The molecule has 16 nitrogen and oxygen atoms in total. The minimum Gasteiger partial charge on any atom is -0.444 e. The molecule has 4 aromatic carbocycles. The molecule has 8 aromatic rings. The highest BCUT2D eigenvalue weighted by molar-refractivity contribution is 7.90. The van der Waals surface area contributed by atoms with Gasteiger partial charge in [-0.1, -0.05) is 123 Å². The van der Waals surface area contributed by atoms with Crippen molar-refractivity contribution in [3.8, 4) is 22.5 Å². The summed E-state index contributed by atoms with van der Waals surface area (Å²) >= 11 is 18.7. The lowest BCUT2D eigenvalue weighted by Crippen LogP contribution is -2.44. The number of para-hydroxylation sites is 2. The largest absolute Gasteiger partial charge is 0.444 e. The van der Waals surface area contributed by atoms with Crippen LogP contribution in [-0.4, -0.2) is 81.6 Å². The van der Waals surface area contributed by atoms with Gasteiger partial charge in [0.05, 0.1) is 54.7 Å². The predicted molar refractivity (Wildman–Crippen MR) is 317 cm³/mol. The van der Waals surface area contributed by atoms with Crippen LogP contribution in [0.15, 0.2) is 149 Å². The van der Waals surface area contributed by atoms with Gasteiger partial charge in [-0.15, -0.1) is 0 Å². The fourth-order valence-electron chi connectivity index (χ4n) is 9.24. The standard InChI is InChI=1S/C29H32ClN5O4S.C18H11Cl2N3O2S.C7H15N.CH4NP.CH4/c1-29(2,3)39-28(36)33-20-11-9-10-19(16-20)32-27-31-17-24(30)26(34-27)23-18-35(25-15-8-7-14-22(23)25)40(37,38)21-12-5-4-6-13-21;19-15-10-21-18(20)22-17(15)14-11-23(16-9-5-4-8-13(14)16)26(24,25)12-6-2-1-3-7-12;1-6-3-2-4-7(8)5-6;1-2-3;/h4-8,12-15,17-20H,9-11,16H2,1-3H3,(H,33,36)(H,31,32,34);1-11H;6-7H,2-5,8H2,1H3;3H,1H3;1H4/t19-,20+;;6-,7+;;/m1.0../s1. The van der Waals surface area contributed by atoms with Gasteiger partial charge >= 0.3 is 6.09 Å². The van der Waals surface area contributed by atoms with Crippen molar-refractivity contribution in [3.05, 3.63) is 149 Å². The average Bonchev–Trinajstić information content (AvgIpc) is 4.13. The van der Waals surface area contributed by atoms with E-state index < -0.39 is 31.7 Å². The van der Waals surface area contributed by atoms with Crippen LogP contribution >= 0.6 is 43.8 Å². The predicted octanol–water partition coefficient (Wildman–Crippen LogP) is 14.0. The number of rotatable bonds is 9. The number of carbonyl (C=O) groups is 1. The number of halogens is 3. The van der Waals surface area contributed by atoms with E-state index in [2.05, 4.69) is 46.3 Å². The molecule has 1 amide bonds. The number of fused-ring (bicyclic) bond motifs is 2. The Hall–Kier alpha value is -5.98. The number of hydrogen-bond acceptors (Lipinski definition) is 13. The molecule has 0 unspecified atom stereocenters. The summed E-state index contributed by atoms with van der Waals surface area (Å²) in [4.78, 5) is 29.8. The van der Waals surface area contributed by atoms with Crippen LogP contribution in [0.3, 0.4) is 0 Å². The van der Waals surface area contributed by atoms with E-state index >= 15 is 0 Å². The Kier molecular flexibility index (Phi) is 21.4. The van der Waals surface area contributed by atoms with Gasteiger partial charge in [-0.2, -0.15) is 0 Å². The van der Waals surface area contributed by atoms with Crippen molar-refractivity contribution in [2.45, 2.75) is 120 Å². The number of nitrogens with zero attached hydrogens (tertiary/aromatic N) is 7. The number of anilines is 1. The summed E-state index contributed by atoms with van der Waals surface area (Å²) in [5, 5.41) is 8.37. The second-order valence-electron chi connectivity index (χ2n) is 19.7. The molecule has 0 saturated heterocycles. The molecule has 414 valence electrons. The van der Waals surface area contributed by atoms with Gasteiger partial charge in [-0.25, -0.2) is 49.5 Å². The number of alkyl carbamates (subject to hydrolysis) is 1. The van der Waals surface area contributed by atoms with Gasteiger partial charge < -0.3 is 21.1 Å². The molecule has 10 rings (SSSR count). The van der Waals surface area contributed by atoms with Crippen molar-refractivity contribution in [1.29, 1.82) is 0 Å². The highest BCUT2D eigenvalue weighted by Crippen LogP contribution is 2.38. The lowest BCUT2D eigenvalue weighted by Gasteiger charge is -2.31. The summed E-state index contributed by atoms with van der Waals surface area (Å²) in [7, 11) is -3.16. The van der Waals surface area contributed by atoms with Crippen LogP contribution in [0.5, 0.6) is 0 Å². The first-order chi connectivity index (χ1) is 36.7. The first-order valence-electron chi connectivity index (χ1n) is 25.0. The Labute approximate surface area is 474 Å². The van der Waals surface area contributed by atoms with Gasteiger partial charge in [0, 0.05) is 59.5 Å². The van der Waals surface area contributed by atoms with Crippen molar-refractivity contribution in [3.63, 3.8) is 0 Å². The van der Waals surface area contributed by atoms with E-state index in [1.54, 1.807) is 98.2 Å². The number of nitrogens with two attached hydrogens (primary N) is 1. The topological polar surface area (TPSA) is 218 Å². The SMILES string of the molecule is C.CC(C)(C)OC(=O)N[C@H]1CCC[C@@H](Nc2ncc(Cl)c(-c3cn(S(=O)(=O)c4ccccc4)c4ccccc34)n2)C1.CN=P.C[C@H]1CCC[C@@H](N)C1.O=S(=O)(c1ccccc1)n1cc(-c2nc(Cl)ncc2Cl)c2ccccc21. The molecule has 0 aliphatic heterocycles. The maximum Gasteiger partial charge on any atom is 0.407 e. The Balaban J connectivity index is 0.000000220. The number of ether oxygens (including phenoxy) is 1. The summed E-state index contributed by atoms with van der Waals surface area (Å²) in [6.45, 7) is 7.80. The van der Waals surface area contributed by atoms with Gasteiger partial charge in [-0.05, 0) is 122 Å². The van der Waals surface area contributed by atoms with Gasteiger partial charge in [0.25, 0.3) is 20.0 Å². The van der Waals surface area contributed by atoms with Crippen molar-refractivity contribution in [1.82, 2.24) is 33.2 Å². The minimum atomic E-state index is -3.86. The molecule has 2 aliphatic carbocycles. The summed E-state index contributed by atoms with van der Waals surface area (Å²) < 4.78 is 64.5. The van der Waals surface area contributed by atoms with Gasteiger partial charge in [0.1, 0.15) is 5.60 Å². The average molecular weight is 1180 g/mol. The summed E-state index contributed by atoms with van der Waals surface area (Å²) in [5.74, 6) is 1.27. The van der Waals surface area contributed by atoms with E-state index in [9.17, 15) is 21.6 Å². The van der Waals surface area contributed by atoms with Crippen molar-refractivity contribution >= 4 is 97.7 Å². The van der Waals surface area contributed by atoms with Crippen LogP contribution in [0.1, 0.15) is 86.5 Å². The van der Waals surface area contributed by atoms with E-state index in [0.717, 1.165) is 25.2 Å². The lowest BCUT2D eigenvalue weighted by molar-refractivity contribution is 0.0491. The van der Waals surface area contributed by atoms with E-state index in [0.29, 0.717) is 67.8 Å². The molecule has 22 heteroatoms. The fraction of sp³-hybridized carbons (Fsp3) is 0.339. The van der Waals surface area contributed by atoms with Gasteiger partial charge in [0.2, 0.25) is 11.2 Å². The Bertz CT molecular complexity index is 3540. The van der Waals surface area contributed by atoms with Crippen molar-refractivity contribution in [2.75, 3.05) is 12.4 Å². The number of carbonyl (C=O) groups excluding carboxylic acids is 1. The zero-order valence-corrected chi connectivity index (χ0v) is 48.2. The first-order valence-corrected chi connectivity index (χ1v) is 29.5. The summed E-state index contributed by atoms with van der Waals surface area (Å²) in [5.41, 5.74) is 8.16. The Morgan fingerprint density at radius 1 is 0.692 bits per heavy atom. The lowest BCUT2D eigenvalue weighted by atomic mass is 9.88. The van der Waals surface area contributed by atoms with Crippen molar-refractivity contribution < 1.29 is 26.4 Å². The van der Waals surface area contributed by atoms with Gasteiger partial charge in [-0.3, -0.25) is 4.74 Å². The maximum atomic E-state index is 13.5. The normalized spacial score (nSPS) is 17.3. The first kappa shape index (κ1) is 61.2. The highest BCUT2D eigenvalue weighted by atomic mass is 35.5. The smallest absolute Gasteiger partial charge is 0.407 e. The number of amides is 1. The molecule has 4 aromatic heterocycles. The monoisotopic (exact) mass is 1170 g/mol. The maximum absolute atomic E-state index is 13.5. The number of benzene rings is 4. The summed E-state index contributed by atoms with van der Waals surface area (Å²) in [6.07, 6.45) is 14.2. The van der Waals surface area contributed by atoms with E-state index in [-0.39, 0.29) is 39.6 Å². The third-order valence-corrected chi connectivity index (χ3v) is 16.7. The number of nitrogens with one attached hydrogen (secondary N) is 2. The molecule has 4 heterocycles. The highest BCUT2D eigenvalue weighted by Gasteiger charge is 2.28. The molecule has 0 bridgehead atoms. The third-order valence-electron chi connectivity index (χ3n) is 12.6. The molecule has 4 N–H and O–H groups in total. The third kappa shape index (κ3) is 15.4. The summed E-state index contributed by atoms with van der Waals surface area (Å²) in [6, 6.07) is 31.4. The minimum absolute atomic E-state index is 0. The molecule has 4 atom stereocenters. The fourth-order valence-corrected chi connectivity index (χ4v) is 12.5. The Morgan fingerprint density at radius 3 is 1.64 bits per heavy atom. The number of aromatic nitrogens is 6. The van der Waals surface area contributed by atoms with Crippen LogP contribution < -0.4 is 16.4 Å². The van der Waals surface area contributed by atoms with E-state index in [1.807, 2.05) is 45.0 Å². The van der Waals surface area contributed by atoms with E-state index in [1.165, 1.54) is 52.2 Å². The van der Waals surface area contributed by atoms with Crippen LogP contribution in [-0.2, 0) is 24.8 Å². The van der Waals surface area contributed by atoms with E-state index in [4.69, 9.17) is 50.3 Å². The second-order valence-corrected chi connectivity index (χ2v) is 24.9. The molecular formula is C56H66Cl3N10O6PS2. The van der Waals surface area contributed by atoms with Crippen molar-refractivity contribution in [2.24, 2.45) is 16.4 Å². The molecule has 2 fully saturated rings. The molecule has 78 heavy (non-hydrogen) atoms. The molecule has 0 radical (unpaired) electrons. The van der Waals surface area contributed by atoms with Gasteiger partial charge in [0.15, 0.2) is 0 Å². The second kappa shape index (κ2) is 27.3. The van der Waals surface area contributed by atoms with Crippen LogP contribution in [0.2, 0.25) is 15.3 Å². The molecular weight excluding hydrogens is 1110 g/mol. The van der Waals surface area contributed by atoms with Crippen LogP contribution in [0.25, 0.3) is 44.3 Å². The quantitative estimate of drug-likeness (QED) is 0.0908. The van der Waals surface area contributed by atoms with Crippen LogP contribution in [0, 0.1) is 5.92 Å². The number of hydrogen-bond donors (Lipinski definition) is 3. The molecule has 0 spiro atoms.